The molecule has 0 amide bonds. The molecular formula is C15H24. The fourth-order valence-electron chi connectivity index (χ4n) is 3.41. The van der Waals surface area contributed by atoms with Crippen LogP contribution in [0, 0.1) is 10.8 Å². The second-order valence-electron chi connectivity index (χ2n) is 6.10. The molecule has 1 saturated carbocycles. The normalized spacial score (nSPS) is 41.8. The van der Waals surface area contributed by atoms with Crippen molar-refractivity contribution >= 4 is 0 Å². The van der Waals surface area contributed by atoms with Gasteiger partial charge in [-0.1, -0.05) is 37.6 Å². The van der Waals surface area contributed by atoms with Crippen molar-refractivity contribution in [3.63, 3.8) is 0 Å². The zero-order valence-electron chi connectivity index (χ0n) is 10.5. The SMILES string of the molecule is C=C1CCCC1(C)C1(C)CC=C(C)CC1. The molecule has 0 radical (unpaired) electrons. The quantitative estimate of drug-likeness (QED) is 0.535. The van der Waals surface area contributed by atoms with Gasteiger partial charge >= 0.3 is 0 Å². The van der Waals surface area contributed by atoms with Crippen LogP contribution in [-0.4, -0.2) is 0 Å². The summed E-state index contributed by atoms with van der Waals surface area (Å²) in [5.74, 6) is 0. The maximum Gasteiger partial charge on any atom is -0.00621 e. The summed E-state index contributed by atoms with van der Waals surface area (Å²) in [6.45, 7) is 11.5. The van der Waals surface area contributed by atoms with Gasteiger partial charge < -0.3 is 0 Å². The van der Waals surface area contributed by atoms with Gasteiger partial charge in [0, 0.05) is 0 Å². The van der Waals surface area contributed by atoms with Crippen molar-refractivity contribution in [2.45, 2.75) is 59.3 Å². The molecule has 1 fully saturated rings. The molecule has 15 heavy (non-hydrogen) atoms. The van der Waals surface area contributed by atoms with E-state index in [1.807, 2.05) is 0 Å². The molecule has 0 heterocycles. The average molecular weight is 204 g/mol. The number of rotatable bonds is 1. The van der Waals surface area contributed by atoms with Crippen molar-refractivity contribution in [3.05, 3.63) is 23.8 Å². The Morgan fingerprint density at radius 2 is 1.93 bits per heavy atom. The highest BCUT2D eigenvalue weighted by molar-refractivity contribution is 5.22. The lowest BCUT2D eigenvalue weighted by Crippen LogP contribution is -2.37. The summed E-state index contributed by atoms with van der Waals surface area (Å²) in [5.41, 5.74) is 3.97. The molecule has 2 rings (SSSR count). The lowest BCUT2D eigenvalue weighted by molar-refractivity contribution is 0.0986. The Hall–Kier alpha value is -0.520. The minimum atomic E-state index is 0.407. The third kappa shape index (κ3) is 1.58. The fourth-order valence-corrected chi connectivity index (χ4v) is 3.41. The van der Waals surface area contributed by atoms with Crippen molar-refractivity contribution in [2.24, 2.45) is 10.8 Å². The first-order chi connectivity index (χ1) is 6.98. The molecule has 0 aromatic rings. The minimum absolute atomic E-state index is 0.407. The summed E-state index contributed by atoms with van der Waals surface area (Å²) in [6.07, 6.45) is 10.3. The van der Waals surface area contributed by atoms with Gasteiger partial charge in [0.2, 0.25) is 0 Å². The van der Waals surface area contributed by atoms with E-state index in [-0.39, 0.29) is 0 Å². The summed E-state index contributed by atoms with van der Waals surface area (Å²) >= 11 is 0. The number of allylic oxidation sites excluding steroid dienone is 3. The highest BCUT2D eigenvalue weighted by atomic mass is 14.5. The molecule has 2 aliphatic rings. The van der Waals surface area contributed by atoms with Crippen LogP contribution in [-0.2, 0) is 0 Å². The Balaban J connectivity index is 2.26. The monoisotopic (exact) mass is 204 g/mol. The number of hydrogen-bond acceptors (Lipinski definition) is 0. The Morgan fingerprint density at radius 1 is 1.20 bits per heavy atom. The topological polar surface area (TPSA) is 0 Å². The first-order valence-electron chi connectivity index (χ1n) is 6.32. The smallest absolute Gasteiger partial charge is 0.00621 e. The van der Waals surface area contributed by atoms with Crippen LogP contribution in [0.1, 0.15) is 59.3 Å². The van der Waals surface area contributed by atoms with Crippen molar-refractivity contribution in [3.8, 4) is 0 Å². The van der Waals surface area contributed by atoms with Crippen LogP contribution in [0.4, 0.5) is 0 Å². The van der Waals surface area contributed by atoms with Crippen LogP contribution in [0.2, 0.25) is 0 Å². The maximum atomic E-state index is 4.33. The third-order valence-electron chi connectivity index (χ3n) is 5.24. The van der Waals surface area contributed by atoms with Crippen molar-refractivity contribution < 1.29 is 0 Å². The second kappa shape index (κ2) is 3.50. The van der Waals surface area contributed by atoms with E-state index < -0.39 is 0 Å². The summed E-state index contributed by atoms with van der Waals surface area (Å²) in [7, 11) is 0. The highest BCUT2D eigenvalue weighted by Gasteiger charge is 2.47. The van der Waals surface area contributed by atoms with Crippen molar-refractivity contribution in [2.75, 3.05) is 0 Å². The van der Waals surface area contributed by atoms with E-state index in [9.17, 15) is 0 Å². The van der Waals surface area contributed by atoms with Gasteiger partial charge in [-0.05, 0) is 56.3 Å². The number of hydrogen-bond donors (Lipinski definition) is 0. The molecule has 2 unspecified atom stereocenters. The predicted molar refractivity (Wildman–Crippen MR) is 66.8 cm³/mol. The molecule has 84 valence electrons. The fraction of sp³-hybridized carbons (Fsp3) is 0.733. The molecule has 0 nitrogen and oxygen atoms in total. The lowest BCUT2D eigenvalue weighted by atomic mass is 9.57. The van der Waals surface area contributed by atoms with Crippen LogP contribution in [0.15, 0.2) is 23.8 Å². The average Bonchev–Trinajstić information content (AvgIpc) is 2.54. The van der Waals surface area contributed by atoms with Crippen LogP contribution < -0.4 is 0 Å². The molecule has 0 aromatic heterocycles. The standard InChI is InChI=1S/C15H24/c1-12-7-10-14(3,11-8-12)15(4)9-5-6-13(15)2/h7H,2,5-6,8-11H2,1,3-4H3. The van der Waals surface area contributed by atoms with E-state index in [2.05, 4.69) is 33.4 Å². The van der Waals surface area contributed by atoms with Gasteiger partial charge in [0.25, 0.3) is 0 Å². The minimum Gasteiger partial charge on any atom is -0.0993 e. The van der Waals surface area contributed by atoms with E-state index in [0.717, 1.165) is 0 Å². The highest BCUT2D eigenvalue weighted by Crippen LogP contribution is 2.58. The van der Waals surface area contributed by atoms with Crippen LogP contribution in [0.3, 0.4) is 0 Å². The molecule has 2 aliphatic carbocycles. The van der Waals surface area contributed by atoms with Gasteiger partial charge in [-0.3, -0.25) is 0 Å². The Labute approximate surface area is 94.5 Å². The summed E-state index contributed by atoms with van der Waals surface area (Å²) in [5, 5.41) is 0. The van der Waals surface area contributed by atoms with Crippen molar-refractivity contribution in [1.82, 2.24) is 0 Å². The zero-order valence-corrected chi connectivity index (χ0v) is 10.5. The molecule has 0 aliphatic heterocycles. The zero-order chi connectivity index (χ0) is 11.1. The second-order valence-corrected chi connectivity index (χ2v) is 6.10. The molecule has 0 aromatic carbocycles. The van der Waals surface area contributed by atoms with E-state index in [1.54, 1.807) is 5.57 Å². The van der Waals surface area contributed by atoms with Gasteiger partial charge in [-0.15, -0.1) is 0 Å². The molecule has 0 N–H and O–H groups in total. The predicted octanol–water partition coefficient (Wildman–Crippen LogP) is 4.87. The Bertz CT molecular complexity index is 310. The lowest BCUT2D eigenvalue weighted by Gasteiger charge is -2.47. The first-order valence-corrected chi connectivity index (χ1v) is 6.32. The van der Waals surface area contributed by atoms with Gasteiger partial charge in [-0.25, -0.2) is 0 Å². The largest absolute Gasteiger partial charge is 0.0993 e. The van der Waals surface area contributed by atoms with E-state index in [0.29, 0.717) is 10.8 Å². The molecule has 0 bridgehead atoms. The molecule has 0 heteroatoms. The summed E-state index contributed by atoms with van der Waals surface area (Å²) < 4.78 is 0. The first kappa shape index (κ1) is 11.0. The molecule has 2 atom stereocenters. The van der Waals surface area contributed by atoms with Crippen LogP contribution in [0.5, 0.6) is 0 Å². The molecule has 0 saturated heterocycles. The molecule has 0 spiro atoms. The van der Waals surface area contributed by atoms with Gasteiger partial charge in [0.15, 0.2) is 0 Å². The Morgan fingerprint density at radius 3 is 2.40 bits per heavy atom. The maximum absolute atomic E-state index is 4.33. The van der Waals surface area contributed by atoms with E-state index >= 15 is 0 Å². The van der Waals surface area contributed by atoms with Crippen LogP contribution in [0.25, 0.3) is 0 Å². The third-order valence-corrected chi connectivity index (χ3v) is 5.24. The van der Waals surface area contributed by atoms with Gasteiger partial charge in [-0.2, -0.15) is 0 Å². The summed E-state index contributed by atoms with van der Waals surface area (Å²) in [6, 6.07) is 0. The van der Waals surface area contributed by atoms with E-state index in [1.165, 1.54) is 44.1 Å². The van der Waals surface area contributed by atoms with Crippen molar-refractivity contribution in [1.29, 1.82) is 0 Å². The Kier molecular flexibility index (Phi) is 2.56. The summed E-state index contributed by atoms with van der Waals surface area (Å²) in [4.78, 5) is 0. The van der Waals surface area contributed by atoms with Gasteiger partial charge in [0.05, 0.1) is 0 Å². The van der Waals surface area contributed by atoms with Crippen LogP contribution >= 0.6 is 0 Å². The van der Waals surface area contributed by atoms with Gasteiger partial charge in [0.1, 0.15) is 0 Å². The molecular weight excluding hydrogens is 180 g/mol. The van der Waals surface area contributed by atoms with E-state index in [4.69, 9.17) is 0 Å².